The van der Waals surface area contributed by atoms with E-state index in [-0.39, 0.29) is 0 Å². The van der Waals surface area contributed by atoms with Crippen molar-refractivity contribution < 1.29 is 8.76 Å². The predicted octanol–water partition coefficient (Wildman–Crippen LogP) is 1.96. The molecular weight excluding hydrogens is 224 g/mol. The number of nitrogens with one attached hydrogen (secondary N) is 1. The Kier molecular flexibility index (Phi) is 4.47. The van der Waals surface area contributed by atoms with Crippen LogP contribution in [0.15, 0.2) is 18.2 Å². The first-order valence-corrected chi connectivity index (χ1v) is 5.99. The molecule has 0 saturated carbocycles. The van der Waals surface area contributed by atoms with Crippen LogP contribution in [0.3, 0.4) is 0 Å². The summed E-state index contributed by atoms with van der Waals surface area (Å²) in [4.78, 5) is 0. The summed E-state index contributed by atoms with van der Waals surface area (Å²) in [7, 11) is 0. The molecule has 0 bridgehead atoms. The van der Waals surface area contributed by atoms with Gasteiger partial charge in [0.15, 0.2) is 0 Å². The molecule has 16 heavy (non-hydrogen) atoms. The molecule has 0 aliphatic rings. The zero-order chi connectivity index (χ0) is 12.1. The summed E-state index contributed by atoms with van der Waals surface area (Å²) in [5.74, 6) is 0.499. The Labute approximate surface area is 97.7 Å². The van der Waals surface area contributed by atoms with Gasteiger partial charge in [0.2, 0.25) is 0 Å². The van der Waals surface area contributed by atoms with Crippen molar-refractivity contribution in [3.8, 4) is 6.07 Å². The van der Waals surface area contributed by atoms with E-state index in [1.54, 1.807) is 12.1 Å². The highest BCUT2D eigenvalue weighted by molar-refractivity contribution is 7.80. The minimum Gasteiger partial charge on any atom is -0.755 e. The Morgan fingerprint density at radius 1 is 1.56 bits per heavy atom. The predicted molar refractivity (Wildman–Crippen MR) is 62.2 cm³/mol. The van der Waals surface area contributed by atoms with E-state index < -0.39 is 11.3 Å². The lowest BCUT2D eigenvalue weighted by atomic mass is 10.0. The highest BCUT2D eigenvalue weighted by atomic mass is 32.2. The van der Waals surface area contributed by atoms with Gasteiger partial charge >= 0.3 is 0 Å². The topological polar surface area (TPSA) is 75.9 Å². The molecule has 1 atom stereocenters. The van der Waals surface area contributed by atoms with Gasteiger partial charge in [0.1, 0.15) is 6.07 Å². The molecule has 0 aliphatic heterocycles. The molecule has 5 heteroatoms. The third-order valence-corrected chi connectivity index (χ3v) is 2.43. The van der Waals surface area contributed by atoms with Crippen molar-refractivity contribution >= 4 is 17.0 Å². The number of nitrogens with zero attached hydrogens (tertiary/aromatic N) is 1. The lowest BCUT2D eigenvalue weighted by Gasteiger charge is -2.12. The Morgan fingerprint density at radius 3 is 2.75 bits per heavy atom. The molecule has 1 unspecified atom stereocenters. The van der Waals surface area contributed by atoms with Crippen molar-refractivity contribution in [2.24, 2.45) is 5.92 Å². The molecule has 1 aromatic carbocycles. The molecule has 1 aromatic rings. The van der Waals surface area contributed by atoms with Crippen molar-refractivity contribution in [3.05, 3.63) is 29.3 Å². The van der Waals surface area contributed by atoms with E-state index in [4.69, 9.17) is 5.26 Å². The summed E-state index contributed by atoms with van der Waals surface area (Å²) in [5.41, 5.74) is 1.71. The third-order valence-electron chi connectivity index (χ3n) is 2.04. The minimum absolute atomic E-state index is 0.323. The normalized spacial score (nSPS) is 12.2. The summed E-state index contributed by atoms with van der Waals surface area (Å²) in [5, 5.41) is 8.90. The maximum atomic E-state index is 10.5. The van der Waals surface area contributed by atoms with Gasteiger partial charge in [-0.15, -0.1) is 0 Å². The van der Waals surface area contributed by atoms with Crippen LogP contribution in [-0.4, -0.2) is 8.76 Å². The fourth-order valence-electron chi connectivity index (χ4n) is 1.46. The second kappa shape index (κ2) is 5.64. The summed E-state index contributed by atoms with van der Waals surface area (Å²) in [6, 6.07) is 7.14. The lowest BCUT2D eigenvalue weighted by molar-refractivity contribution is 0.542. The van der Waals surface area contributed by atoms with E-state index in [0.29, 0.717) is 17.2 Å². The van der Waals surface area contributed by atoms with Gasteiger partial charge in [-0.1, -0.05) is 19.9 Å². The van der Waals surface area contributed by atoms with Crippen LogP contribution in [0.4, 0.5) is 5.69 Å². The fraction of sp³-hybridized carbons (Fsp3) is 0.364. The highest BCUT2D eigenvalue weighted by Crippen LogP contribution is 2.19. The van der Waals surface area contributed by atoms with Crippen molar-refractivity contribution in [1.82, 2.24) is 0 Å². The molecular formula is C11H13N2O2S-. The molecule has 0 amide bonds. The number of rotatable bonds is 4. The maximum absolute atomic E-state index is 10.5. The summed E-state index contributed by atoms with van der Waals surface area (Å²) in [6.07, 6.45) is 0.870. The smallest absolute Gasteiger partial charge is 0.101 e. The van der Waals surface area contributed by atoms with Crippen molar-refractivity contribution in [1.29, 1.82) is 5.26 Å². The zero-order valence-corrected chi connectivity index (χ0v) is 10.0. The van der Waals surface area contributed by atoms with Gasteiger partial charge in [-0.05, 0) is 30.0 Å². The van der Waals surface area contributed by atoms with Gasteiger partial charge in [-0.25, -0.2) is 0 Å². The van der Waals surface area contributed by atoms with Gasteiger partial charge in [0.25, 0.3) is 0 Å². The molecule has 0 saturated heterocycles. The second-order valence-electron chi connectivity index (χ2n) is 3.93. The van der Waals surface area contributed by atoms with Crippen molar-refractivity contribution in [2.45, 2.75) is 20.3 Å². The quantitative estimate of drug-likeness (QED) is 0.813. The molecule has 0 aromatic heterocycles. The molecule has 0 fully saturated rings. The first-order valence-electron chi connectivity index (χ1n) is 4.92. The SMILES string of the molecule is CC(C)Cc1ccc(NS(=O)[O-])c(C#N)c1. The second-order valence-corrected chi connectivity index (χ2v) is 4.60. The maximum Gasteiger partial charge on any atom is 0.101 e. The van der Waals surface area contributed by atoms with Crippen molar-refractivity contribution in [3.63, 3.8) is 0 Å². The molecule has 0 aliphatic carbocycles. The number of hydrogen-bond acceptors (Lipinski definition) is 3. The molecule has 1 rings (SSSR count). The third kappa shape index (κ3) is 3.65. The van der Waals surface area contributed by atoms with Crippen LogP contribution < -0.4 is 4.72 Å². The molecule has 1 N–H and O–H groups in total. The molecule has 86 valence electrons. The number of anilines is 1. The summed E-state index contributed by atoms with van der Waals surface area (Å²) in [6.45, 7) is 4.18. The Hall–Kier alpha value is -1.38. The van der Waals surface area contributed by atoms with Gasteiger partial charge < -0.3 is 9.27 Å². The van der Waals surface area contributed by atoms with Crippen LogP contribution in [0, 0.1) is 17.2 Å². The van der Waals surface area contributed by atoms with Crippen LogP contribution >= 0.6 is 0 Å². The van der Waals surface area contributed by atoms with E-state index in [1.807, 2.05) is 12.1 Å². The number of nitriles is 1. The largest absolute Gasteiger partial charge is 0.755 e. The van der Waals surface area contributed by atoms with Gasteiger partial charge in [-0.2, -0.15) is 5.26 Å². The van der Waals surface area contributed by atoms with Gasteiger partial charge in [0, 0.05) is 11.3 Å². The zero-order valence-electron chi connectivity index (χ0n) is 9.19. The molecule has 0 radical (unpaired) electrons. The Bertz CT molecular complexity index is 438. The van der Waals surface area contributed by atoms with E-state index in [9.17, 15) is 8.76 Å². The van der Waals surface area contributed by atoms with Gasteiger partial charge in [0.05, 0.1) is 11.3 Å². The highest BCUT2D eigenvalue weighted by Gasteiger charge is 2.04. The average Bonchev–Trinajstić information content (AvgIpc) is 2.18. The van der Waals surface area contributed by atoms with Crippen LogP contribution in [0.2, 0.25) is 0 Å². The minimum atomic E-state index is -2.40. The van der Waals surface area contributed by atoms with E-state index in [0.717, 1.165) is 12.0 Å². The summed E-state index contributed by atoms with van der Waals surface area (Å²) < 4.78 is 23.2. The molecule has 0 spiro atoms. The van der Waals surface area contributed by atoms with Crippen LogP contribution in [-0.2, 0) is 17.7 Å². The van der Waals surface area contributed by atoms with Crippen molar-refractivity contribution in [2.75, 3.05) is 4.72 Å². The van der Waals surface area contributed by atoms with E-state index in [2.05, 4.69) is 18.6 Å². The summed E-state index contributed by atoms with van der Waals surface area (Å²) >= 11 is -2.40. The number of benzene rings is 1. The number of hydrogen-bond donors (Lipinski definition) is 1. The Balaban J connectivity index is 2.98. The van der Waals surface area contributed by atoms with Gasteiger partial charge in [-0.3, -0.25) is 4.21 Å². The Morgan fingerprint density at radius 2 is 2.25 bits per heavy atom. The fourth-order valence-corrected chi connectivity index (χ4v) is 1.82. The lowest BCUT2D eigenvalue weighted by Crippen LogP contribution is -2.05. The standard InChI is InChI=1S/C11H14N2O2S/c1-8(2)5-9-3-4-11(13-16(14)15)10(6-9)7-12/h3-4,6,8,13H,5H2,1-2H3,(H,14,15)/p-1. The first kappa shape index (κ1) is 12.7. The van der Waals surface area contributed by atoms with Crippen LogP contribution in [0.1, 0.15) is 25.0 Å². The average molecular weight is 237 g/mol. The van der Waals surface area contributed by atoms with Crippen LogP contribution in [0.25, 0.3) is 0 Å². The monoisotopic (exact) mass is 237 g/mol. The molecule has 4 nitrogen and oxygen atoms in total. The van der Waals surface area contributed by atoms with E-state index >= 15 is 0 Å². The molecule has 0 heterocycles. The van der Waals surface area contributed by atoms with Crippen LogP contribution in [0.5, 0.6) is 0 Å². The van der Waals surface area contributed by atoms with E-state index in [1.165, 1.54) is 0 Å². The first-order chi connectivity index (χ1) is 7.52.